The zero-order chi connectivity index (χ0) is 13.2. The van der Waals surface area contributed by atoms with E-state index < -0.39 is 0 Å². The molecule has 0 aromatic rings. The molecule has 0 aliphatic heterocycles. The molecule has 0 aromatic carbocycles. The van der Waals surface area contributed by atoms with Crippen LogP contribution in [0, 0.1) is 0 Å². The van der Waals surface area contributed by atoms with Crippen LogP contribution in [0.1, 0.15) is 57.8 Å². The van der Waals surface area contributed by atoms with Gasteiger partial charge in [0.05, 0.1) is 0 Å². The first-order chi connectivity index (χ1) is 8.79. The summed E-state index contributed by atoms with van der Waals surface area (Å²) in [6.45, 7) is 5.24. The van der Waals surface area contributed by atoms with Crippen molar-refractivity contribution >= 4 is 5.91 Å². The highest BCUT2D eigenvalue weighted by Crippen LogP contribution is 2.24. The normalized spacial score (nSPS) is 15.8. The lowest BCUT2D eigenvalue weighted by atomic mass is 10.1. The van der Waals surface area contributed by atoms with Gasteiger partial charge >= 0.3 is 0 Å². The Bertz CT molecular complexity index is 247. The van der Waals surface area contributed by atoms with Gasteiger partial charge in [0.25, 0.3) is 0 Å². The second-order valence-corrected chi connectivity index (χ2v) is 5.23. The van der Waals surface area contributed by atoms with Crippen molar-refractivity contribution in [2.24, 2.45) is 5.73 Å². The molecule has 0 heterocycles. The number of carbonyl (C=O) groups is 1. The van der Waals surface area contributed by atoms with E-state index in [0.29, 0.717) is 24.9 Å². The van der Waals surface area contributed by atoms with Crippen molar-refractivity contribution in [2.45, 2.75) is 63.8 Å². The second-order valence-electron chi connectivity index (χ2n) is 5.23. The minimum atomic E-state index is 0.314. The molecule has 1 aliphatic carbocycles. The first-order valence-electron chi connectivity index (χ1n) is 7.40. The maximum atomic E-state index is 12.2. The highest BCUT2D eigenvalue weighted by Gasteiger charge is 2.24. The smallest absolute Gasteiger partial charge is 0.223 e. The van der Waals surface area contributed by atoms with Gasteiger partial charge in [-0.1, -0.05) is 31.8 Å². The van der Waals surface area contributed by atoms with Gasteiger partial charge in [-0.3, -0.25) is 4.79 Å². The average molecular weight is 252 g/mol. The Morgan fingerprint density at radius 3 is 2.50 bits per heavy atom. The van der Waals surface area contributed by atoms with Crippen LogP contribution in [0.4, 0.5) is 0 Å². The minimum absolute atomic E-state index is 0.314. The fourth-order valence-electron chi connectivity index (χ4n) is 2.73. The van der Waals surface area contributed by atoms with Crippen molar-refractivity contribution in [3.8, 4) is 0 Å². The molecule has 0 spiro atoms. The Hall–Kier alpha value is -0.830. The van der Waals surface area contributed by atoms with Crippen LogP contribution in [0.2, 0.25) is 0 Å². The van der Waals surface area contributed by atoms with Crippen LogP contribution in [-0.2, 0) is 4.79 Å². The molecule has 2 N–H and O–H groups in total. The summed E-state index contributed by atoms with van der Waals surface area (Å²) >= 11 is 0. The molecule has 0 saturated heterocycles. The Labute approximate surface area is 111 Å². The largest absolute Gasteiger partial charge is 0.336 e. The summed E-state index contributed by atoms with van der Waals surface area (Å²) in [5, 5.41) is 0. The van der Waals surface area contributed by atoms with Gasteiger partial charge in [0.15, 0.2) is 0 Å². The Kier molecular flexibility index (Phi) is 7.74. The molecule has 0 unspecified atom stereocenters. The summed E-state index contributed by atoms with van der Waals surface area (Å²) in [6.07, 6.45) is 11.8. The molecule has 0 atom stereocenters. The number of carbonyl (C=O) groups excluding carboxylic acids is 1. The quantitative estimate of drug-likeness (QED) is 0.506. The van der Waals surface area contributed by atoms with Gasteiger partial charge in [0.2, 0.25) is 5.91 Å². The van der Waals surface area contributed by atoms with Gasteiger partial charge in [0, 0.05) is 19.0 Å². The molecule has 0 bridgehead atoms. The van der Waals surface area contributed by atoms with Gasteiger partial charge < -0.3 is 10.6 Å². The first-order valence-corrected chi connectivity index (χ1v) is 7.40. The lowest BCUT2D eigenvalue weighted by Crippen LogP contribution is -2.38. The summed E-state index contributed by atoms with van der Waals surface area (Å²) < 4.78 is 0. The molecule has 1 amide bonds. The van der Waals surface area contributed by atoms with Crippen LogP contribution in [0.5, 0.6) is 0 Å². The third kappa shape index (κ3) is 5.21. The molecule has 3 heteroatoms. The molecule has 18 heavy (non-hydrogen) atoms. The zero-order valence-corrected chi connectivity index (χ0v) is 11.6. The maximum absolute atomic E-state index is 12.2. The molecule has 1 aliphatic rings. The van der Waals surface area contributed by atoms with Crippen molar-refractivity contribution in [3.05, 3.63) is 12.7 Å². The monoisotopic (exact) mass is 252 g/mol. The van der Waals surface area contributed by atoms with Gasteiger partial charge in [-0.25, -0.2) is 0 Å². The lowest BCUT2D eigenvalue weighted by Gasteiger charge is -2.28. The van der Waals surface area contributed by atoms with E-state index in [0.717, 1.165) is 32.2 Å². The Balaban J connectivity index is 2.28. The highest BCUT2D eigenvalue weighted by atomic mass is 16.2. The molecule has 104 valence electrons. The van der Waals surface area contributed by atoms with Crippen LogP contribution >= 0.6 is 0 Å². The van der Waals surface area contributed by atoms with E-state index in [1.165, 1.54) is 25.7 Å². The van der Waals surface area contributed by atoms with E-state index in [2.05, 4.69) is 6.58 Å². The number of nitrogens with zero attached hydrogens (tertiary/aromatic N) is 1. The van der Waals surface area contributed by atoms with Gasteiger partial charge in [-0.15, -0.1) is 6.58 Å². The predicted molar refractivity (Wildman–Crippen MR) is 76.3 cm³/mol. The number of rotatable bonds is 9. The highest BCUT2D eigenvalue weighted by molar-refractivity contribution is 5.76. The van der Waals surface area contributed by atoms with Crippen molar-refractivity contribution in [1.29, 1.82) is 0 Å². The average Bonchev–Trinajstić information content (AvgIpc) is 2.89. The first kappa shape index (κ1) is 15.2. The molecular formula is C15H28N2O. The Morgan fingerprint density at radius 2 is 1.89 bits per heavy atom. The van der Waals surface area contributed by atoms with E-state index >= 15 is 0 Å². The van der Waals surface area contributed by atoms with Gasteiger partial charge in [-0.2, -0.15) is 0 Å². The molecule has 0 aromatic heterocycles. The van der Waals surface area contributed by atoms with E-state index in [9.17, 15) is 4.79 Å². The topological polar surface area (TPSA) is 46.3 Å². The third-order valence-electron chi connectivity index (χ3n) is 3.76. The molecule has 1 rings (SSSR count). The summed E-state index contributed by atoms with van der Waals surface area (Å²) in [6, 6.07) is 0.472. The lowest BCUT2D eigenvalue weighted by molar-refractivity contribution is -0.132. The van der Waals surface area contributed by atoms with Crippen LogP contribution in [-0.4, -0.2) is 29.9 Å². The van der Waals surface area contributed by atoms with Crippen LogP contribution in [0.25, 0.3) is 0 Å². The van der Waals surface area contributed by atoms with Crippen molar-refractivity contribution in [2.75, 3.05) is 13.1 Å². The number of amides is 1. The van der Waals surface area contributed by atoms with Crippen molar-refractivity contribution in [3.63, 3.8) is 0 Å². The van der Waals surface area contributed by atoms with Crippen LogP contribution < -0.4 is 5.73 Å². The van der Waals surface area contributed by atoms with Gasteiger partial charge in [0.1, 0.15) is 0 Å². The van der Waals surface area contributed by atoms with Crippen LogP contribution in [0.15, 0.2) is 12.7 Å². The fraction of sp³-hybridized carbons (Fsp3) is 0.800. The van der Waals surface area contributed by atoms with E-state index in [4.69, 9.17) is 5.73 Å². The summed E-state index contributed by atoms with van der Waals surface area (Å²) in [5.74, 6) is 0.314. The van der Waals surface area contributed by atoms with Gasteiger partial charge in [-0.05, 0) is 32.2 Å². The number of nitrogens with two attached hydrogens (primary N) is 1. The molecule has 1 saturated carbocycles. The second kappa shape index (κ2) is 9.15. The van der Waals surface area contributed by atoms with E-state index in [1.54, 1.807) is 0 Å². The predicted octanol–water partition coefficient (Wildman–Crippen LogP) is 2.85. The SMILES string of the molecule is C=CCN(C(=O)CCCCCCN)C1CCCC1. The zero-order valence-electron chi connectivity index (χ0n) is 11.6. The summed E-state index contributed by atoms with van der Waals surface area (Å²) in [5.41, 5.74) is 5.45. The molecule has 0 radical (unpaired) electrons. The standard InChI is InChI=1S/C15H28N2O/c1-2-13-17(14-9-6-7-10-14)15(18)11-5-3-4-8-12-16/h2,14H,1,3-13,16H2. The molecular weight excluding hydrogens is 224 g/mol. The molecule has 1 fully saturated rings. The number of unbranched alkanes of at least 4 members (excludes halogenated alkanes) is 3. The number of hydrogen-bond donors (Lipinski definition) is 1. The van der Waals surface area contributed by atoms with Crippen LogP contribution in [0.3, 0.4) is 0 Å². The maximum Gasteiger partial charge on any atom is 0.223 e. The third-order valence-corrected chi connectivity index (χ3v) is 3.76. The van der Waals surface area contributed by atoms with Crippen molar-refractivity contribution < 1.29 is 4.79 Å². The molecule has 3 nitrogen and oxygen atoms in total. The summed E-state index contributed by atoms with van der Waals surface area (Å²) in [7, 11) is 0. The fourth-order valence-corrected chi connectivity index (χ4v) is 2.73. The Morgan fingerprint density at radius 1 is 1.22 bits per heavy atom. The summed E-state index contributed by atoms with van der Waals surface area (Å²) in [4.78, 5) is 14.3. The van der Waals surface area contributed by atoms with E-state index in [1.807, 2.05) is 11.0 Å². The van der Waals surface area contributed by atoms with Crippen molar-refractivity contribution in [1.82, 2.24) is 4.90 Å². The van der Waals surface area contributed by atoms with E-state index in [-0.39, 0.29) is 0 Å². The number of hydrogen-bond acceptors (Lipinski definition) is 2. The minimum Gasteiger partial charge on any atom is -0.336 e.